The third-order valence-corrected chi connectivity index (χ3v) is 0.904. The maximum absolute atomic E-state index is 11.2. The Hall–Kier alpha value is 0.260. The van der Waals surface area contributed by atoms with Crippen molar-refractivity contribution in [2.75, 3.05) is 4.43 Å². The van der Waals surface area contributed by atoms with Crippen LogP contribution in [0.1, 0.15) is 0 Å². The number of alkyl halides is 4. The fourth-order valence-electron chi connectivity index (χ4n) is 0.178. The van der Waals surface area contributed by atoms with Crippen molar-refractivity contribution in [1.29, 1.82) is 0 Å². The van der Waals surface area contributed by atoms with Crippen LogP contribution in [0.25, 0.3) is 0 Å². The number of hydrogen-bond acceptors (Lipinski definition) is 0. The van der Waals surface area contributed by atoms with E-state index in [4.69, 9.17) is 0 Å². The van der Waals surface area contributed by atoms with Crippen molar-refractivity contribution >= 4 is 22.6 Å². The minimum atomic E-state index is -4.13. The Morgan fingerprint density at radius 3 is 2.00 bits per heavy atom. The third-order valence-electron chi connectivity index (χ3n) is 0.396. The molecule has 0 atom stereocenters. The highest BCUT2D eigenvalue weighted by Crippen LogP contribution is 2.15. The molecule has 0 radical (unpaired) electrons. The minimum Gasteiger partial charge on any atom is -0.167 e. The van der Waals surface area contributed by atoms with Crippen molar-refractivity contribution in [2.45, 2.75) is 6.18 Å². The average Bonchev–Trinajstić information content (AvgIpc) is 1.59. The maximum Gasteiger partial charge on any atom is 0.409 e. The van der Waals surface area contributed by atoms with Crippen molar-refractivity contribution in [3.63, 3.8) is 0 Å². The molecule has 0 saturated heterocycles. The highest BCUT2D eigenvalue weighted by atomic mass is 127. The Labute approximate surface area is 58.9 Å². The van der Waals surface area contributed by atoms with E-state index in [0.717, 1.165) is 6.08 Å². The van der Waals surface area contributed by atoms with Gasteiger partial charge >= 0.3 is 6.18 Å². The molecule has 48 valence electrons. The lowest BCUT2D eigenvalue weighted by atomic mass is 10.5. The van der Waals surface area contributed by atoms with E-state index in [0.29, 0.717) is 4.43 Å². The lowest BCUT2D eigenvalue weighted by Crippen LogP contribution is -2.00. The molecule has 0 heterocycles. The number of hydrogen-bond donors (Lipinski definition) is 0. The van der Waals surface area contributed by atoms with Crippen molar-refractivity contribution in [3.8, 4) is 0 Å². The van der Waals surface area contributed by atoms with Gasteiger partial charge in [-0.25, -0.2) is 0 Å². The molecular formula is C4H4F3I. The molecule has 0 saturated carbocycles. The Balaban J connectivity index is 3.52. The van der Waals surface area contributed by atoms with Crippen LogP contribution in [0.15, 0.2) is 12.2 Å². The van der Waals surface area contributed by atoms with E-state index in [2.05, 4.69) is 0 Å². The summed E-state index contributed by atoms with van der Waals surface area (Å²) < 4.78 is 33.9. The first-order valence-electron chi connectivity index (χ1n) is 1.86. The molecule has 0 aromatic heterocycles. The van der Waals surface area contributed by atoms with E-state index >= 15 is 0 Å². The fraction of sp³-hybridized carbons (Fsp3) is 0.500. The van der Waals surface area contributed by atoms with Gasteiger partial charge in [0.1, 0.15) is 0 Å². The van der Waals surface area contributed by atoms with Crippen molar-refractivity contribution in [2.24, 2.45) is 0 Å². The Kier molecular flexibility index (Phi) is 3.43. The van der Waals surface area contributed by atoms with Crippen molar-refractivity contribution in [3.05, 3.63) is 12.2 Å². The summed E-state index contributed by atoms with van der Waals surface area (Å²) in [4.78, 5) is 0. The quantitative estimate of drug-likeness (QED) is 0.373. The van der Waals surface area contributed by atoms with Gasteiger partial charge in [0.05, 0.1) is 0 Å². The SMILES string of the molecule is FC(F)(F)C=CCI. The molecule has 0 fully saturated rings. The van der Waals surface area contributed by atoms with Crippen LogP contribution in [-0.4, -0.2) is 10.6 Å². The molecule has 0 aromatic carbocycles. The zero-order chi connectivity index (χ0) is 6.62. The molecule has 0 amide bonds. The molecule has 0 nitrogen and oxygen atoms in total. The summed E-state index contributed by atoms with van der Waals surface area (Å²) in [7, 11) is 0. The Morgan fingerprint density at radius 2 is 1.88 bits per heavy atom. The smallest absolute Gasteiger partial charge is 0.167 e. The second kappa shape index (κ2) is 3.32. The molecule has 0 aromatic rings. The summed E-state index contributed by atoms with van der Waals surface area (Å²) in [6, 6.07) is 0. The van der Waals surface area contributed by atoms with Gasteiger partial charge in [-0.1, -0.05) is 28.7 Å². The zero-order valence-electron chi connectivity index (χ0n) is 3.87. The van der Waals surface area contributed by atoms with Crippen LogP contribution in [0, 0.1) is 0 Å². The molecule has 0 aliphatic rings. The summed E-state index contributed by atoms with van der Waals surface area (Å²) in [6.45, 7) is 0. The van der Waals surface area contributed by atoms with Gasteiger partial charge in [-0.3, -0.25) is 0 Å². The molecule has 0 aliphatic heterocycles. The minimum absolute atomic E-state index is 0.236. The van der Waals surface area contributed by atoms with Crippen LogP contribution in [0.5, 0.6) is 0 Å². The first kappa shape index (κ1) is 8.26. The van der Waals surface area contributed by atoms with E-state index < -0.39 is 6.18 Å². The Morgan fingerprint density at radius 1 is 1.38 bits per heavy atom. The van der Waals surface area contributed by atoms with Gasteiger partial charge in [0, 0.05) is 10.5 Å². The lowest BCUT2D eigenvalue weighted by molar-refractivity contribution is -0.0798. The number of rotatable bonds is 1. The first-order chi connectivity index (χ1) is 3.56. The first-order valence-corrected chi connectivity index (χ1v) is 3.39. The van der Waals surface area contributed by atoms with E-state index in [9.17, 15) is 13.2 Å². The monoisotopic (exact) mass is 236 g/mol. The lowest BCUT2D eigenvalue weighted by Gasteiger charge is -1.94. The van der Waals surface area contributed by atoms with Crippen LogP contribution in [0.4, 0.5) is 13.2 Å². The number of allylic oxidation sites excluding steroid dienone is 2. The van der Waals surface area contributed by atoms with Gasteiger partial charge in [-0.2, -0.15) is 13.2 Å². The zero-order valence-corrected chi connectivity index (χ0v) is 6.03. The largest absolute Gasteiger partial charge is 0.409 e. The summed E-state index contributed by atoms with van der Waals surface area (Å²) >= 11 is 1.84. The topological polar surface area (TPSA) is 0 Å². The summed E-state index contributed by atoms with van der Waals surface area (Å²) in [5, 5.41) is 0. The second-order valence-corrected chi connectivity index (χ2v) is 1.98. The molecule has 0 bridgehead atoms. The summed E-state index contributed by atoms with van der Waals surface area (Å²) in [6.07, 6.45) is -2.83. The van der Waals surface area contributed by atoms with E-state index in [-0.39, 0.29) is 6.08 Å². The average molecular weight is 236 g/mol. The maximum atomic E-state index is 11.2. The number of halogens is 4. The molecule has 0 spiro atoms. The summed E-state index contributed by atoms with van der Waals surface area (Å²) in [5.74, 6) is 0. The van der Waals surface area contributed by atoms with Gasteiger partial charge < -0.3 is 0 Å². The van der Waals surface area contributed by atoms with Crippen LogP contribution < -0.4 is 0 Å². The molecule has 4 heteroatoms. The Bertz CT molecular complexity index is 83.8. The second-order valence-electron chi connectivity index (χ2n) is 1.10. The van der Waals surface area contributed by atoms with Gasteiger partial charge in [-0.15, -0.1) is 0 Å². The fourth-order valence-corrected chi connectivity index (χ4v) is 0.432. The van der Waals surface area contributed by atoms with Crippen LogP contribution in [0.3, 0.4) is 0 Å². The van der Waals surface area contributed by atoms with Crippen LogP contribution in [-0.2, 0) is 0 Å². The van der Waals surface area contributed by atoms with Gasteiger partial charge in [0.25, 0.3) is 0 Å². The van der Waals surface area contributed by atoms with Crippen molar-refractivity contribution < 1.29 is 13.2 Å². The third kappa shape index (κ3) is 6.26. The molecule has 0 aliphatic carbocycles. The molecular weight excluding hydrogens is 232 g/mol. The highest BCUT2D eigenvalue weighted by molar-refractivity contribution is 14.1. The molecule has 8 heavy (non-hydrogen) atoms. The molecule has 0 rings (SSSR count). The highest BCUT2D eigenvalue weighted by Gasteiger charge is 2.21. The normalized spacial score (nSPS) is 13.0. The predicted molar refractivity (Wildman–Crippen MR) is 34.1 cm³/mol. The van der Waals surface area contributed by atoms with E-state index in [1.807, 2.05) is 22.6 Å². The summed E-state index contributed by atoms with van der Waals surface area (Å²) in [5.41, 5.74) is 0. The van der Waals surface area contributed by atoms with E-state index in [1.54, 1.807) is 0 Å². The van der Waals surface area contributed by atoms with Gasteiger partial charge in [0.15, 0.2) is 0 Å². The van der Waals surface area contributed by atoms with E-state index in [1.165, 1.54) is 0 Å². The van der Waals surface area contributed by atoms with Crippen LogP contribution >= 0.6 is 22.6 Å². The standard InChI is InChI=1S/C4H4F3I/c5-4(6,7)2-1-3-8/h1-2H,3H2. The van der Waals surface area contributed by atoms with Gasteiger partial charge in [-0.05, 0) is 0 Å². The molecule has 0 unspecified atom stereocenters. The molecule has 0 N–H and O–H groups in total. The predicted octanol–water partition coefficient (Wildman–Crippen LogP) is 2.54. The van der Waals surface area contributed by atoms with Crippen molar-refractivity contribution in [1.82, 2.24) is 0 Å². The van der Waals surface area contributed by atoms with Crippen LogP contribution in [0.2, 0.25) is 0 Å². The van der Waals surface area contributed by atoms with Gasteiger partial charge in [0.2, 0.25) is 0 Å².